The number of carboxylic acids is 1. The van der Waals surface area contributed by atoms with E-state index in [1.54, 1.807) is 0 Å². The summed E-state index contributed by atoms with van der Waals surface area (Å²) in [7, 11) is 0. The fraction of sp³-hybridized carbons (Fsp3) is 0.786. The monoisotopic (exact) mass is 311 g/mol. The number of carbonyl (C=O) groups excluding carboxylic acids is 2. The Balaban J connectivity index is -0.00000180. The first-order chi connectivity index (χ1) is 9.47. The largest absolute Gasteiger partial charge is 1.00 e. The van der Waals surface area contributed by atoms with Crippen molar-refractivity contribution in [3.05, 3.63) is 0 Å². The summed E-state index contributed by atoms with van der Waals surface area (Å²) in [6, 6.07) is -1.33. The van der Waals surface area contributed by atoms with Gasteiger partial charge in [0.05, 0.1) is 6.42 Å². The Morgan fingerprint density at radius 3 is 2.10 bits per heavy atom. The maximum absolute atomic E-state index is 11.3. The Labute approximate surface area is 149 Å². The summed E-state index contributed by atoms with van der Waals surface area (Å²) in [4.78, 5) is 32.9. The fourth-order valence-corrected chi connectivity index (χ4v) is 1.71. The number of rotatable bonds is 11. The van der Waals surface area contributed by atoms with E-state index in [4.69, 9.17) is 10.8 Å². The number of carbonyl (C=O) groups is 3. The smallest absolute Gasteiger partial charge is 1.00 e. The molecule has 6 nitrogen and oxygen atoms in total. The molecule has 0 amide bonds. The molecule has 0 saturated carbocycles. The molecule has 0 aromatic rings. The summed E-state index contributed by atoms with van der Waals surface area (Å²) in [6.07, 6.45) is 7.20. The van der Waals surface area contributed by atoms with E-state index in [-0.39, 0.29) is 37.4 Å². The molecule has 0 bridgehead atoms. The predicted molar refractivity (Wildman–Crippen MR) is 75.0 cm³/mol. The number of esters is 2. The topological polar surface area (TPSA) is 107 Å². The first-order valence-corrected chi connectivity index (χ1v) is 7.19. The maximum Gasteiger partial charge on any atom is 1.00 e. The molecule has 7 heteroatoms. The predicted octanol–water partition coefficient (Wildman–Crippen LogP) is -0.885. The van der Waals surface area contributed by atoms with Crippen molar-refractivity contribution in [1.82, 2.24) is 0 Å². The van der Waals surface area contributed by atoms with Crippen LogP contribution in [-0.2, 0) is 19.1 Å². The maximum atomic E-state index is 11.3. The van der Waals surface area contributed by atoms with Gasteiger partial charge in [-0.2, -0.15) is 0 Å². The average molecular weight is 311 g/mol. The molecular formula is C14H26NNaO5. The van der Waals surface area contributed by atoms with Gasteiger partial charge in [-0.15, -0.1) is 0 Å². The quantitative estimate of drug-likeness (QED) is 0.222. The second kappa shape index (κ2) is 14.5. The molecular weight excluding hydrogens is 285 g/mol. The van der Waals surface area contributed by atoms with Gasteiger partial charge in [0.1, 0.15) is 6.04 Å². The van der Waals surface area contributed by atoms with Crippen molar-refractivity contribution in [2.45, 2.75) is 70.8 Å². The van der Waals surface area contributed by atoms with Crippen LogP contribution in [0.3, 0.4) is 0 Å². The van der Waals surface area contributed by atoms with Gasteiger partial charge in [0.15, 0.2) is 0 Å². The van der Waals surface area contributed by atoms with Crippen LogP contribution in [0.25, 0.3) is 0 Å². The fourth-order valence-electron chi connectivity index (χ4n) is 1.71. The molecule has 1 atom stereocenters. The first kappa shape index (κ1) is 22.8. The van der Waals surface area contributed by atoms with E-state index >= 15 is 0 Å². The summed E-state index contributed by atoms with van der Waals surface area (Å²) < 4.78 is 4.50. The molecule has 0 aliphatic heterocycles. The van der Waals surface area contributed by atoms with E-state index in [9.17, 15) is 14.4 Å². The first-order valence-electron chi connectivity index (χ1n) is 7.19. The van der Waals surface area contributed by atoms with Gasteiger partial charge in [-0.3, -0.25) is 14.4 Å². The second-order valence-corrected chi connectivity index (χ2v) is 4.87. The Hall–Kier alpha value is -0.430. The van der Waals surface area contributed by atoms with Crippen molar-refractivity contribution in [2.75, 3.05) is 0 Å². The number of nitrogens with two attached hydrogens (primary N) is 1. The summed E-state index contributed by atoms with van der Waals surface area (Å²) in [5.74, 6) is -2.78. The van der Waals surface area contributed by atoms with Gasteiger partial charge in [0, 0.05) is 6.42 Å². The number of hydrogen-bond donors (Lipinski definition) is 2. The molecule has 3 N–H and O–H groups in total. The zero-order valence-corrected chi connectivity index (χ0v) is 15.1. The van der Waals surface area contributed by atoms with E-state index < -0.39 is 30.4 Å². The summed E-state index contributed by atoms with van der Waals surface area (Å²) in [6.45, 7) is 2.16. The zero-order chi connectivity index (χ0) is 15.4. The van der Waals surface area contributed by atoms with Gasteiger partial charge in [-0.1, -0.05) is 45.4 Å². The van der Waals surface area contributed by atoms with Crippen molar-refractivity contribution < 1.29 is 55.2 Å². The van der Waals surface area contributed by atoms with Crippen LogP contribution in [0, 0.1) is 0 Å². The van der Waals surface area contributed by atoms with E-state index in [1.807, 2.05) is 0 Å². The average Bonchev–Trinajstić information content (AvgIpc) is 2.37. The van der Waals surface area contributed by atoms with Gasteiger partial charge in [-0.25, -0.2) is 0 Å². The minimum Gasteiger partial charge on any atom is -1.00 e. The Morgan fingerprint density at radius 2 is 1.57 bits per heavy atom. The van der Waals surface area contributed by atoms with Crippen LogP contribution in [-0.4, -0.2) is 29.1 Å². The third-order valence-corrected chi connectivity index (χ3v) is 2.92. The van der Waals surface area contributed by atoms with E-state index in [0.717, 1.165) is 19.3 Å². The molecule has 0 aliphatic rings. The minimum atomic E-state index is -1.33. The summed E-state index contributed by atoms with van der Waals surface area (Å²) >= 11 is 0. The number of unbranched alkanes of at least 4 members (excludes halogenated alkanes) is 6. The summed E-state index contributed by atoms with van der Waals surface area (Å²) in [5, 5.41) is 8.51. The second-order valence-electron chi connectivity index (χ2n) is 4.87. The van der Waals surface area contributed by atoms with Gasteiger partial charge in [-0.05, 0) is 6.42 Å². The van der Waals surface area contributed by atoms with E-state index in [0.29, 0.717) is 6.42 Å². The Morgan fingerprint density at radius 1 is 1.05 bits per heavy atom. The molecule has 0 spiro atoms. The van der Waals surface area contributed by atoms with Crippen LogP contribution in [0.5, 0.6) is 0 Å². The molecule has 0 radical (unpaired) electrons. The number of hydrogen-bond acceptors (Lipinski definition) is 5. The number of carboxylic acid groups (broad SMARTS) is 1. The van der Waals surface area contributed by atoms with Crippen molar-refractivity contribution in [3.63, 3.8) is 0 Å². The molecule has 0 aromatic heterocycles. The standard InChI is InChI=1S/C14H25NO5.Na.H/c1-2-3-4-5-6-7-8-9-12(16)20-13(17)10-11(15)14(18)19;;/h11H,2-10,15H2,1H3,(H,18,19);;/q;+1;-1/t11-;;/m0../s1. The Kier molecular flexibility index (Phi) is 15.8. The SMILES string of the molecule is CCCCCCCCCC(=O)OC(=O)C[C@H](N)C(=O)O.[H-].[Na+]. The summed E-state index contributed by atoms with van der Waals surface area (Å²) in [5.41, 5.74) is 5.16. The van der Waals surface area contributed by atoms with Crippen LogP contribution >= 0.6 is 0 Å². The molecule has 0 fully saturated rings. The van der Waals surface area contributed by atoms with Crippen LogP contribution in [0.2, 0.25) is 0 Å². The molecule has 0 rings (SSSR count). The normalized spacial score (nSPS) is 11.3. The van der Waals surface area contributed by atoms with Crippen LogP contribution < -0.4 is 35.3 Å². The molecule has 0 aliphatic carbocycles. The molecule has 21 heavy (non-hydrogen) atoms. The number of ether oxygens (including phenoxy) is 1. The van der Waals surface area contributed by atoms with Crippen molar-refractivity contribution in [3.8, 4) is 0 Å². The Bertz CT molecular complexity index is 328. The van der Waals surface area contributed by atoms with Crippen LogP contribution in [0.1, 0.15) is 66.1 Å². The van der Waals surface area contributed by atoms with Crippen molar-refractivity contribution >= 4 is 17.9 Å². The van der Waals surface area contributed by atoms with Crippen molar-refractivity contribution in [1.29, 1.82) is 0 Å². The van der Waals surface area contributed by atoms with Crippen LogP contribution in [0.4, 0.5) is 0 Å². The minimum absolute atomic E-state index is 0. The molecule has 118 valence electrons. The van der Waals surface area contributed by atoms with Gasteiger partial charge in [0.2, 0.25) is 0 Å². The zero-order valence-electron chi connectivity index (χ0n) is 14.1. The van der Waals surface area contributed by atoms with E-state index in [2.05, 4.69) is 11.7 Å². The van der Waals surface area contributed by atoms with E-state index in [1.165, 1.54) is 19.3 Å². The molecule has 0 saturated heterocycles. The molecule has 0 unspecified atom stereocenters. The van der Waals surface area contributed by atoms with Crippen molar-refractivity contribution in [2.24, 2.45) is 5.73 Å². The molecule has 0 heterocycles. The molecule has 0 aromatic carbocycles. The third kappa shape index (κ3) is 14.3. The van der Waals surface area contributed by atoms with Gasteiger partial charge < -0.3 is 17.0 Å². The number of aliphatic carboxylic acids is 1. The van der Waals surface area contributed by atoms with Crippen LogP contribution in [0.15, 0.2) is 0 Å². The van der Waals surface area contributed by atoms with Gasteiger partial charge >= 0.3 is 47.5 Å². The third-order valence-electron chi connectivity index (χ3n) is 2.92. The van der Waals surface area contributed by atoms with Gasteiger partial charge in [0.25, 0.3) is 0 Å².